The summed E-state index contributed by atoms with van der Waals surface area (Å²) in [4.78, 5) is 13.6. The van der Waals surface area contributed by atoms with Crippen LogP contribution in [0.25, 0.3) is 11.0 Å². The third-order valence-corrected chi connectivity index (χ3v) is 8.61. The molecule has 1 heterocycles. The lowest BCUT2D eigenvalue weighted by atomic mass is 10.1. The first-order valence-corrected chi connectivity index (χ1v) is 12.4. The predicted octanol–water partition coefficient (Wildman–Crippen LogP) is 5.64. The van der Waals surface area contributed by atoms with Gasteiger partial charge in [0.05, 0.1) is 5.52 Å². The number of hydrogen-bond donors (Lipinski definition) is 0. The summed E-state index contributed by atoms with van der Waals surface area (Å²) >= 11 is 0. The van der Waals surface area contributed by atoms with Gasteiger partial charge in [-0.3, -0.25) is 4.79 Å². The number of nitrogens with zero attached hydrogens (tertiary/aromatic N) is 3. The van der Waals surface area contributed by atoms with Crippen LogP contribution < -0.4 is 10.6 Å². The molecule has 0 saturated carbocycles. The summed E-state index contributed by atoms with van der Waals surface area (Å²) in [6.45, 7) is 2.09. The summed E-state index contributed by atoms with van der Waals surface area (Å²) in [7, 11) is -0.834. The Bertz CT molecular complexity index is 1330. The summed E-state index contributed by atoms with van der Waals surface area (Å²) in [5, 5.41) is 10.9. The molecule has 0 aliphatic heterocycles. The molecule has 33 heavy (non-hydrogen) atoms. The van der Waals surface area contributed by atoms with E-state index in [0.717, 1.165) is 16.6 Å². The van der Waals surface area contributed by atoms with Crippen molar-refractivity contribution in [1.29, 1.82) is 0 Å². The van der Waals surface area contributed by atoms with Gasteiger partial charge in [0.2, 0.25) is 5.91 Å². The van der Waals surface area contributed by atoms with Gasteiger partial charge in [0.1, 0.15) is 5.52 Å². The van der Waals surface area contributed by atoms with Crippen molar-refractivity contribution < 1.29 is 4.79 Å². The Kier molecular flexibility index (Phi) is 6.10. The molecule has 0 N–H and O–H groups in total. The summed E-state index contributed by atoms with van der Waals surface area (Å²) in [6.07, 6.45) is 0.339. The van der Waals surface area contributed by atoms with Gasteiger partial charge in [-0.05, 0) is 43.2 Å². The van der Waals surface area contributed by atoms with Crippen LogP contribution in [-0.4, -0.2) is 20.9 Å². The van der Waals surface area contributed by atoms with E-state index in [-0.39, 0.29) is 11.6 Å². The summed E-state index contributed by atoms with van der Waals surface area (Å²) < 4.78 is 1.46. The average Bonchev–Trinajstić information content (AvgIpc) is 3.30. The lowest BCUT2D eigenvalue weighted by Crippen LogP contribution is -2.22. The highest BCUT2D eigenvalue weighted by Crippen LogP contribution is 2.51. The van der Waals surface area contributed by atoms with Crippen LogP contribution in [0.2, 0.25) is 0 Å². The van der Waals surface area contributed by atoms with E-state index in [9.17, 15) is 4.79 Å². The van der Waals surface area contributed by atoms with Gasteiger partial charge in [0.25, 0.3) is 0 Å². The second kappa shape index (κ2) is 9.48. The average molecular weight is 449 g/mol. The van der Waals surface area contributed by atoms with Crippen LogP contribution in [0.3, 0.4) is 0 Å². The number of benzene rings is 4. The zero-order valence-corrected chi connectivity index (χ0v) is 19.3. The number of aryl methyl sites for hydroxylation is 1. The van der Waals surface area contributed by atoms with Crippen molar-refractivity contribution in [2.75, 3.05) is 0 Å². The normalized spacial score (nSPS) is 12.2. The van der Waals surface area contributed by atoms with Crippen molar-refractivity contribution in [3.05, 3.63) is 120 Å². The van der Waals surface area contributed by atoms with Gasteiger partial charge in [-0.25, -0.2) is 0 Å². The second-order valence-corrected chi connectivity index (χ2v) is 10.5. The standard InChI is InChI=1S/C28H24N3OP/c1-21-16-18-22(19-17-21)27(20-28(32)31-26-15-9-8-14-25(26)29-30-31)33(23-10-4-2-5-11-23)24-12-6-3-7-13-24/h2-19,27H,20H2,1H3. The zero-order chi connectivity index (χ0) is 22.6. The van der Waals surface area contributed by atoms with E-state index >= 15 is 0 Å². The number of para-hydroxylation sites is 1. The minimum Gasteiger partial charge on any atom is -0.272 e. The van der Waals surface area contributed by atoms with E-state index in [1.54, 1.807) is 0 Å². The van der Waals surface area contributed by atoms with Gasteiger partial charge >= 0.3 is 0 Å². The first kappa shape index (κ1) is 21.2. The molecule has 0 saturated heterocycles. The van der Waals surface area contributed by atoms with Crippen molar-refractivity contribution in [3.8, 4) is 0 Å². The van der Waals surface area contributed by atoms with E-state index in [0.29, 0.717) is 6.42 Å². The number of aromatic nitrogens is 3. The Labute approximate surface area is 194 Å². The molecule has 0 bridgehead atoms. The highest BCUT2D eigenvalue weighted by atomic mass is 31.1. The number of carbonyl (C=O) groups excluding carboxylic acids is 1. The SMILES string of the molecule is Cc1ccc(C(CC(=O)n2nnc3ccccc32)P(c2ccccc2)c2ccccc2)cc1. The molecule has 0 amide bonds. The van der Waals surface area contributed by atoms with Crippen LogP contribution >= 0.6 is 7.92 Å². The Morgan fingerprint density at radius 3 is 2.00 bits per heavy atom. The Hall–Kier alpha value is -3.62. The van der Waals surface area contributed by atoms with Gasteiger partial charge < -0.3 is 0 Å². The zero-order valence-electron chi connectivity index (χ0n) is 18.4. The molecule has 0 aliphatic rings. The lowest BCUT2D eigenvalue weighted by molar-refractivity contribution is 0.0889. The minimum absolute atomic E-state index is 0.000798. The molecule has 5 aromatic rings. The molecule has 0 spiro atoms. The number of hydrogen-bond acceptors (Lipinski definition) is 3. The molecule has 0 radical (unpaired) electrons. The molecular weight excluding hydrogens is 425 g/mol. The molecule has 1 aromatic heterocycles. The molecule has 1 unspecified atom stereocenters. The third-order valence-electron chi connectivity index (χ3n) is 5.80. The predicted molar refractivity (Wildman–Crippen MR) is 136 cm³/mol. The smallest absolute Gasteiger partial charge is 0.249 e. The fourth-order valence-electron chi connectivity index (χ4n) is 4.14. The van der Waals surface area contributed by atoms with Gasteiger partial charge in [-0.1, -0.05) is 108 Å². The van der Waals surface area contributed by atoms with Gasteiger partial charge in [-0.2, -0.15) is 4.68 Å². The maximum absolute atomic E-state index is 13.6. The van der Waals surface area contributed by atoms with E-state index < -0.39 is 7.92 Å². The van der Waals surface area contributed by atoms with E-state index in [1.807, 2.05) is 36.4 Å². The van der Waals surface area contributed by atoms with Crippen LogP contribution in [0.1, 0.15) is 28.0 Å². The van der Waals surface area contributed by atoms with E-state index in [4.69, 9.17) is 0 Å². The molecule has 1 atom stereocenters. The molecular formula is C28H24N3OP. The van der Waals surface area contributed by atoms with Crippen LogP contribution in [0.4, 0.5) is 0 Å². The summed E-state index contributed by atoms with van der Waals surface area (Å²) in [6, 6.07) is 37.2. The van der Waals surface area contributed by atoms with Crippen molar-refractivity contribution in [3.63, 3.8) is 0 Å². The molecule has 162 valence electrons. The highest BCUT2D eigenvalue weighted by molar-refractivity contribution is 7.73. The first-order chi connectivity index (χ1) is 16.2. The van der Waals surface area contributed by atoms with Crippen LogP contribution in [0, 0.1) is 6.92 Å². The van der Waals surface area contributed by atoms with Gasteiger partial charge in [0.15, 0.2) is 0 Å². The second-order valence-electron chi connectivity index (χ2n) is 8.06. The van der Waals surface area contributed by atoms with E-state index in [2.05, 4.69) is 90.0 Å². The fourth-order valence-corrected chi connectivity index (χ4v) is 6.95. The number of rotatable bonds is 6. The molecule has 5 rings (SSSR count). The van der Waals surface area contributed by atoms with Crippen LogP contribution in [0.5, 0.6) is 0 Å². The minimum atomic E-state index is -0.834. The maximum Gasteiger partial charge on any atom is 0.249 e. The monoisotopic (exact) mass is 449 g/mol. The molecule has 4 nitrogen and oxygen atoms in total. The Balaban J connectivity index is 1.61. The van der Waals surface area contributed by atoms with E-state index in [1.165, 1.54) is 20.9 Å². The third kappa shape index (κ3) is 4.48. The number of carbonyl (C=O) groups is 1. The summed E-state index contributed by atoms with van der Waals surface area (Å²) in [5.74, 6) is -0.0476. The largest absolute Gasteiger partial charge is 0.272 e. The van der Waals surface area contributed by atoms with Crippen LogP contribution in [-0.2, 0) is 0 Å². The fraction of sp³-hybridized carbons (Fsp3) is 0.107. The Morgan fingerprint density at radius 1 is 0.788 bits per heavy atom. The van der Waals surface area contributed by atoms with Gasteiger partial charge in [0, 0.05) is 12.1 Å². The van der Waals surface area contributed by atoms with Crippen molar-refractivity contribution in [1.82, 2.24) is 15.0 Å². The topological polar surface area (TPSA) is 47.8 Å². The van der Waals surface area contributed by atoms with Crippen molar-refractivity contribution >= 4 is 35.5 Å². The lowest BCUT2D eigenvalue weighted by Gasteiger charge is -2.29. The Morgan fingerprint density at radius 2 is 1.36 bits per heavy atom. The molecule has 4 aromatic carbocycles. The molecule has 0 aliphatic carbocycles. The van der Waals surface area contributed by atoms with Crippen LogP contribution in [0.15, 0.2) is 109 Å². The van der Waals surface area contributed by atoms with Gasteiger partial charge in [-0.15, -0.1) is 5.10 Å². The van der Waals surface area contributed by atoms with Crippen molar-refractivity contribution in [2.24, 2.45) is 0 Å². The molecule has 0 fully saturated rings. The first-order valence-electron chi connectivity index (χ1n) is 11.0. The number of fused-ring (bicyclic) bond motifs is 1. The quantitative estimate of drug-likeness (QED) is 0.315. The maximum atomic E-state index is 13.6. The molecule has 5 heteroatoms. The van der Waals surface area contributed by atoms with Crippen molar-refractivity contribution in [2.45, 2.75) is 19.0 Å². The summed E-state index contributed by atoms with van der Waals surface area (Å²) in [5.41, 5.74) is 3.84. The highest BCUT2D eigenvalue weighted by Gasteiger charge is 2.29.